The summed E-state index contributed by atoms with van der Waals surface area (Å²) in [6.07, 6.45) is 3.28. The zero-order valence-electron chi connectivity index (χ0n) is 10.5. The van der Waals surface area contributed by atoms with Crippen LogP contribution in [-0.4, -0.2) is 23.1 Å². The minimum atomic E-state index is 0.497. The van der Waals surface area contributed by atoms with Gasteiger partial charge >= 0.3 is 0 Å². The van der Waals surface area contributed by atoms with E-state index in [9.17, 15) is 0 Å². The molecule has 1 saturated carbocycles. The number of ether oxygens (including phenoxy) is 1. The van der Waals surface area contributed by atoms with Crippen molar-refractivity contribution in [1.82, 2.24) is 9.97 Å². The average molecular weight is 236 g/mol. The molecular formula is C12H20N4O. The molecule has 0 atom stereocenters. The molecule has 0 aromatic carbocycles. The molecule has 0 unspecified atom stereocenters. The lowest BCUT2D eigenvalue weighted by Crippen LogP contribution is -2.10. The summed E-state index contributed by atoms with van der Waals surface area (Å²) in [5.74, 6) is 2.59. The van der Waals surface area contributed by atoms with Gasteiger partial charge in [-0.25, -0.2) is 4.98 Å². The predicted octanol–water partition coefficient (Wildman–Crippen LogP) is 2.16. The molecule has 3 N–H and O–H groups in total. The molecule has 0 aliphatic heterocycles. The predicted molar refractivity (Wildman–Crippen MR) is 68.4 cm³/mol. The first kappa shape index (κ1) is 12.0. The third-order valence-electron chi connectivity index (χ3n) is 2.66. The highest BCUT2D eigenvalue weighted by molar-refractivity contribution is 5.67. The Kier molecular flexibility index (Phi) is 3.66. The number of aromatic nitrogens is 2. The van der Waals surface area contributed by atoms with Gasteiger partial charge in [0.1, 0.15) is 11.5 Å². The third-order valence-corrected chi connectivity index (χ3v) is 2.66. The zero-order chi connectivity index (χ0) is 12.3. The summed E-state index contributed by atoms with van der Waals surface area (Å²) in [7, 11) is 0. The van der Waals surface area contributed by atoms with E-state index < -0.39 is 0 Å². The van der Waals surface area contributed by atoms with Crippen LogP contribution in [0.2, 0.25) is 0 Å². The van der Waals surface area contributed by atoms with E-state index in [0.29, 0.717) is 29.9 Å². The van der Waals surface area contributed by atoms with E-state index in [2.05, 4.69) is 22.2 Å². The van der Waals surface area contributed by atoms with Crippen molar-refractivity contribution in [2.75, 3.05) is 24.2 Å². The summed E-state index contributed by atoms with van der Waals surface area (Å²) in [5, 5.41) is 3.16. The van der Waals surface area contributed by atoms with Crippen molar-refractivity contribution in [2.24, 2.45) is 0 Å². The Morgan fingerprint density at radius 1 is 1.35 bits per heavy atom. The fourth-order valence-corrected chi connectivity index (χ4v) is 1.60. The molecule has 1 aliphatic rings. The molecule has 1 aromatic rings. The molecule has 0 amide bonds. The largest absolute Gasteiger partial charge is 0.476 e. The van der Waals surface area contributed by atoms with Gasteiger partial charge in [-0.2, -0.15) is 4.98 Å². The standard InChI is InChI=1S/C12H20N4O/c1-3-7-17-12-9(13)11(14-4-2)15-10(16-12)8-5-6-8/h8H,3-7,13H2,1-2H3,(H,14,15,16). The van der Waals surface area contributed by atoms with Crippen LogP contribution in [0.25, 0.3) is 0 Å². The van der Waals surface area contributed by atoms with Gasteiger partial charge < -0.3 is 15.8 Å². The first-order chi connectivity index (χ1) is 8.26. The maximum atomic E-state index is 5.99. The minimum absolute atomic E-state index is 0.497. The van der Waals surface area contributed by atoms with Crippen LogP contribution in [-0.2, 0) is 0 Å². The molecule has 1 aliphatic carbocycles. The molecule has 1 heterocycles. The molecule has 5 nitrogen and oxygen atoms in total. The Labute approximate surface area is 102 Å². The van der Waals surface area contributed by atoms with Crippen molar-refractivity contribution in [3.05, 3.63) is 5.82 Å². The van der Waals surface area contributed by atoms with E-state index in [1.165, 1.54) is 12.8 Å². The molecular weight excluding hydrogens is 216 g/mol. The lowest BCUT2D eigenvalue weighted by Gasteiger charge is -2.12. The molecule has 2 rings (SSSR count). The monoisotopic (exact) mass is 236 g/mol. The molecule has 1 aromatic heterocycles. The molecule has 0 saturated heterocycles. The minimum Gasteiger partial charge on any atom is -0.476 e. The van der Waals surface area contributed by atoms with Crippen molar-refractivity contribution in [2.45, 2.75) is 39.0 Å². The summed E-state index contributed by atoms with van der Waals surface area (Å²) < 4.78 is 5.58. The molecule has 1 fully saturated rings. The fourth-order valence-electron chi connectivity index (χ4n) is 1.60. The number of hydrogen-bond donors (Lipinski definition) is 2. The van der Waals surface area contributed by atoms with Crippen molar-refractivity contribution < 1.29 is 4.74 Å². The van der Waals surface area contributed by atoms with Gasteiger partial charge in [-0.3, -0.25) is 0 Å². The summed E-state index contributed by atoms with van der Waals surface area (Å²) >= 11 is 0. The maximum absolute atomic E-state index is 5.99. The lowest BCUT2D eigenvalue weighted by molar-refractivity contribution is 0.305. The maximum Gasteiger partial charge on any atom is 0.242 e. The average Bonchev–Trinajstić information content (AvgIpc) is 3.14. The number of nitrogens with two attached hydrogens (primary N) is 1. The Morgan fingerprint density at radius 2 is 2.12 bits per heavy atom. The first-order valence-electron chi connectivity index (χ1n) is 6.30. The second-order valence-electron chi connectivity index (χ2n) is 4.30. The quantitative estimate of drug-likeness (QED) is 0.791. The van der Waals surface area contributed by atoms with Gasteiger partial charge in [0.05, 0.1) is 6.61 Å². The molecule has 17 heavy (non-hydrogen) atoms. The Morgan fingerprint density at radius 3 is 2.71 bits per heavy atom. The van der Waals surface area contributed by atoms with Crippen LogP contribution in [0.4, 0.5) is 11.5 Å². The van der Waals surface area contributed by atoms with E-state index in [-0.39, 0.29) is 0 Å². The summed E-state index contributed by atoms with van der Waals surface area (Å²) in [6.45, 7) is 5.50. The van der Waals surface area contributed by atoms with Crippen molar-refractivity contribution >= 4 is 11.5 Å². The van der Waals surface area contributed by atoms with Gasteiger partial charge in [0.25, 0.3) is 0 Å². The number of rotatable bonds is 6. The summed E-state index contributed by atoms with van der Waals surface area (Å²) in [6, 6.07) is 0. The second kappa shape index (κ2) is 5.21. The number of nitrogens with one attached hydrogen (secondary N) is 1. The number of anilines is 2. The Balaban J connectivity index is 2.27. The number of nitrogens with zero attached hydrogens (tertiary/aromatic N) is 2. The van der Waals surface area contributed by atoms with E-state index in [1.54, 1.807) is 0 Å². The highest BCUT2D eigenvalue weighted by atomic mass is 16.5. The molecule has 5 heteroatoms. The lowest BCUT2D eigenvalue weighted by atomic mass is 10.3. The van der Waals surface area contributed by atoms with Gasteiger partial charge in [-0.05, 0) is 26.2 Å². The van der Waals surface area contributed by atoms with Crippen molar-refractivity contribution in [1.29, 1.82) is 0 Å². The normalized spacial score (nSPS) is 14.7. The number of nitrogen functional groups attached to an aromatic ring is 1. The first-order valence-corrected chi connectivity index (χ1v) is 6.30. The highest BCUT2D eigenvalue weighted by Crippen LogP contribution is 2.40. The third kappa shape index (κ3) is 2.78. The van der Waals surface area contributed by atoms with Gasteiger partial charge in [0.15, 0.2) is 5.82 Å². The zero-order valence-corrected chi connectivity index (χ0v) is 10.5. The van der Waals surface area contributed by atoms with Crippen LogP contribution in [0.3, 0.4) is 0 Å². The highest BCUT2D eigenvalue weighted by Gasteiger charge is 2.28. The van der Waals surface area contributed by atoms with Crippen LogP contribution in [0.1, 0.15) is 44.9 Å². The van der Waals surface area contributed by atoms with Crippen molar-refractivity contribution in [3.63, 3.8) is 0 Å². The van der Waals surface area contributed by atoms with E-state index in [4.69, 9.17) is 10.5 Å². The van der Waals surface area contributed by atoms with Crippen LogP contribution in [0.15, 0.2) is 0 Å². The summed E-state index contributed by atoms with van der Waals surface area (Å²) in [4.78, 5) is 8.88. The van der Waals surface area contributed by atoms with Gasteiger partial charge in [-0.1, -0.05) is 6.92 Å². The smallest absolute Gasteiger partial charge is 0.242 e. The Bertz CT molecular complexity index is 390. The summed E-state index contributed by atoms with van der Waals surface area (Å²) in [5.41, 5.74) is 6.51. The Hall–Kier alpha value is -1.52. The van der Waals surface area contributed by atoms with Crippen LogP contribution >= 0.6 is 0 Å². The van der Waals surface area contributed by atoms with E-state index in [0.717, 1.165) is 18.8 Å². The van der Waals surface area contributed by atoms with Gasteiger partial charge in [-0.15, -0.1) is 0 Å². The molecule has 0 spiro atoms. The van der Waals surface area contributed by atoms with Gasteiger partial charge in [0.2, 0.25) is 5.88 Å². The van der Waals surface area contributed by atoms with Gasteiger partial charge in [0, 0.05) is 12.5 Å². The van der Waals surface area contributed by atoms with Crippen LogP contribution in [0, 0.1) is 0 Å². The molecule has 0 bridgehead atoms. The molecule has 94 valence electrons. The van der Waals surface area contributed by atoms with E-state index in [1.807, 2.05) is 6.92 Å². The second-order valence-corrected chi connectivity index (χ2v) is 4.30. The SMILES string of the molecule is CCCOc1nc(C2CC2)nc(NCC)c1N. The van der Waals surface area contributed by atoms with Crippen molar-refractivity contribution in [3.8, 4) is 5.88 Å². The topological polar surface area (TPSA) is 73.1 Å². The molecule has 0 radical (unpaired) electrons. The van der Waals surface area contributed by atoms with Crippen LogP contribution < -0.4 is 15.8 Å². The number of hydrogen-bond acceptors (Lipinski definition) is 5. The fraction of sp³-hybridized carbons (Fsp3) is 0.667. The van der Waals surface area contributed by atoms with Crippen LogP contribution in [0.5, 0.6) is 5.88 Å². The van der Waals surface area contributed by atoms with E-state index >= 15 is 0 Å².